The van der Waals surface area contributed by atoms with Gasteiger partial charge in [-0.25, -0.2) is 4.39 Å². The van der Waals surface area contributed by atoms with E-state index >= 15 is 0 Å². The lowest BCUT2D eigenvalue weighted by atomic mass is 10.1. The van der Waals surface area contributed by atoms with Gasteiger partial charge in [-0.1, -0.05) is 30.7 Å². The number of hydrogen-bond donors (Lipinski definition) is 2. The molecule has 0 heterocycles. The van der Waals surface area contributed by atoms with Gasteiger partial charge in [0.05, 0.1) is 29.9 Å². The van der Waals surface area contributed by atoms with Crippen LogP contribution in [-0.4, -0.2) is 25.7 Å². The van der Waals surface area contributed by atoms with Crippen molar-refractivity contribution in [2.45, 2.75) is 19.4 Å². The van der Waals surface area contributed by atoms with Crippen LogP contribution in [0.5, 0.6) is 11.5 Å². The van der Waals surface area contributed by atoms with Gasteiger partial charge >= 0.3 is 0 Å². The molecule has 1 atom stereocenters. The van der Waals surface area contributed by atoms with Crippen molar-refractivity contribution in [3.8, 4) is 11.5 Å². The second-order valence-electron chi connectivity index (χ2n) is 5.36. The largest absolute Gasteiger partial charge is 0.496 e. The van der Waals surface area contributed by atoms with Crippen molar-refractivity contribution in [2.75, 3.05) is 19.4 Å². The number of para-hydroxylation sites is 1. The third-order valence-corrected chi connectivity index (χ3v) is 3.97. The zero-order valence-electron chi connectivity index (χ0n) is 14.0. The van der Waals surface area contributed by atoms with Crippen molar-refractivity contribution in [3.05, 3.63) is 52.8 Å². The van der Waals surface area contributed by atoms with E-state index in [0.29, 0.717) is 17.9 Å². The highest BCUT2D eigenvalue weighted by atomic mass is 35.5. The first-order valence-electron chi connectivity index (χ1n) is 7.78. The second kappa shape index (κ2) is 8.58. The number of amides is 1. The summed E-state index contributed by atoms with van der Waals surface area (Å²) in [5.74, 6) is -0.354. The average molecular weight is 367 g/mol. The van der Waals surface area contributed by atoms with Gasteiger partial charge in [0.1, 0.15) is 11.9 Å². The summed E-state index contributed by atoms with van der Waals surface area (Å²) in [6.45, 7) is 2.09. The number of methoxy groups -OCH3 is 1. The van der Waals surface area contributed by atoms with Crippen LogP contribution in [0, 0.1) is 5.82 Å². The first-order valence-corrected chi connectivity index (χ1v) is 8.16. The van der Waals surface area contributed by atoms with Crippen molar-refractivity contribution >= 4 is 23.2 Å². The molecular formula is C18H20ClFN2O3. The van der Waals surface area contributed by atoms with Gasteiger partial charge in [0.15, 0.2) is 11.6 Å². The first-order chi connectivity index (χ1) is 12.0. The molecule has 0 radical (unpaired) electrons. The number of nitrogen functional groups attached to an aromatic ring is 1. The Kier molecular flexibility index (Phi) is 6.47. The standard InChI is InChI=1S/C18H20ClFN2O3/c1-3-11(25-16-7-5-4-6-14(16)20)10-22-18(23)12-8-13(19)15(21)9-17(12)24-2/h4-9,11H,3,10,21H2,1-2H3,(H,22,23). The quantitative estimate of drug-likeness (QED) is 0.733. The Morgan fingerprint density at radius 3 is 2.68 bits per heavy atom. The SMILES string of the molecule is CCC(CNC(=O)c1cc(Cl)c(N)cc1OC)Oc1ccccc1F. The van der Waals surface area contributed by atoms with E-state index in [1.165, 1.54) is 25.3 Å². The molecule has 2 rings (SSSR count). The number of rotatable bonds is 7. The van der Waals surface area contributed by atoms with Crippen LogP contribution < -0.4 is 20.5 Å². The van der Waals surface area contributed by atoms with Crippen LogP contribution in [0.2, 0.25) is 5.02 Å². The average Bonchev–Trinajstić information content (AvgIpc) is 2.61. The number of carbonyl (C=O) groups excluding carboxylic acids is 1. The minimum absolute atomic E-state index is 0.150. The van der Waals surface area contributed by atoms with Crippen molar-refractivity contribution in [2.24, 2.45) is 0 Å². The van der Waals surface area contributed by atoms with Gasteiger partial charge in [-0.15, -0.1) is 0 Å². The van der Waals surface area contributed by atoms with Crippen molar-refractivity contribution in [3.63, 3.8) is 0 Å². The van der Waals surface area contributed by atoms with Crippen LogP contribution in [-0.2, 0) is 0 Å². The maximum atomic E-state index is 13.7. The molecule has 0 aromatic heterocycles. The Hall–Kier alpha value is -2.47. The number of nitrogens with two attached hydrogens (primary N) is 1. The first kappa shape index (κ1) is 18.9. The van der Waals surface area contributed by atoms with Crippen molar-refractivity contribution in [1.82, 2.24) is 5.32 Å². The third-order valence-electron chi connectivity index (χ3n) is 3.64. The van der Waals surface area contributed by atoms with E-state index in [-0.39, 0.29) is 34.9 Å². The summed E-state index contributed by atoms with van der Waals surface area (Å²) in [6, 6.07) is 9.07. The Labute approximate surface area is 150 Å². The highest BCUT2D eigenvalue weighted by Gasteiger charge is 2.17. The van der Waals surface area contributed by atoms with Crippen LogP contribution in [0.15, 0.2) is 36.4 Å². The summed E-state index contributed by atoms with van der Waals surface area (Å²) < 4.78 is 24.5. The fraction of sp³-hybridized carbons (Fsp3) is 0.278. The molecule has 0 aliphatic rings. The van der Waals surface area contributed by atoms with Gasteiger partial charge in [0.25, 0.3) is 5.91 Å². The Morgan fingerprint density at radius 2 is 2.04 bits per heavy atom. The van der Waals surface area contributed by atoms with Crippen LogP contribution >= 0.6 is 11.6 Å². The van der Waals surface area contributed by atoms with Crippen LogP contribution in [0.1, 0.15) is 23.7 Å². The Bertz CT molecular complexity index is 755. The molecule has 5 nitrogen and oxygen atoms in total. The fourth-order valence-corrected chi connectivity index (χ4v) is 2.37. The molecule has 0 bridgehead atoms. The zero-order chi connectivity index (χ0) is 18.4. The molecule has 0 saturated heterocycles. The lowest BCUT2D eigenvalue weighted by Crippen LogP contribution is -2.35. The van der Waals surface area contributed by atoms with E-state index in [2.05, 4.69) is 5.32 Å². The molecule has 0 aliphatic carbocycles. The lowest BCUT2D eigenvalue weighted by molar-refractivity contribution is 0.0921. The van der Waals surface area contributed by atoms with Gasteiger partial charge in [0.2, 0.25) is 0 Å². The number of hydrogen-bond acceptors (Lipinski definition) is 4. The molecular weight excluding hydrogens is 347 g/mol. The van der Waals surface area contributed by atoms with Crippen molar-refractivity contribution < 1.29 is 18.7 Å². The predicted octanol–water partition coefficient (Wildman–Crippen LogP) is 3.66. The number of nitrogens with one attached hydrogen (secondary N) is 1. The minimum atomic E-state index is -0.445. The summed E-state index contributed by atoms with van der Waals surface area (Å²) in [5.41, 5.74) is 6.30. The molecule has 3 N–H and O–H groups in total. The number of ether oxygens (including phenoxy) is 2. The molecule has 25 heavy (non-hydrogen) atoms. The van der Waals surface area contributed by atoms with E-state index < -0.39 is 5.82 Å². The molecule has 0 aliphatic heterocycles. The van der Waals surface area contributed by atoms with Gasteiger partial charge in [0, 0.05) is 6.07 Å². The summed E-state index contributed by atoms with van der Waals surface area (Å²) in [5, 5.41) is 3.01. The monoisotopic (exact) mass is 366 g/mol. The summed E-state index contributed by atoms with van der Waals surface area (Å²) >= 11 is 5.97. The highest BCUT2D eigenvalue weighted by molar-refractivity contribution is 6.33. The summed E-state index contributed by atoms with van der Waals surface area (Å²) in [7, 11) is 1.44. The van der Waals surface area contributed by atoms with Gasteiger partial charge in [-0.05, 0) is 24.6 Å². The van der Waals surface area contributed by atoms with Gasteiger partial charge in [-0.2, -0.15) is 0 Å². The lowest BCUT2D eigenvalue weighted by Gasteiger charge is -2.19. The normalized spacial score (nSPS) is 11.7. The van der Waals surface area contributed by atoms with Gasteiger partial charge in [-0.3, -0.25) is 4.79 Å². The molecule has 7 heteroatoms. The molecule has 0 fully saturated rings. The minimum Gasteiger partial charge on any atom is -0.496 e. The molecule has 0 saturated carbocycles. The summed E-state index contributed by atoms with van der Waals surface area (Å²) in [4.78, 5) is 12.4. The highest BCUT2D eigenvalue weighted by Crippen LogP contribution is 2.28. The number of carbonyl (C=O) groups is 1. The molecule has 1 amide bonds. The number of halogens is 2. The maximum absolute atomic E-state index is 13.7. The number of anilines is 1. The molecule has 2 aromatic carbocycles. The van der Waals surface area contributed by atoms with Crippen molar-refractivity contribution in [1.29, 1.82) is 0 Å². The molecule has 0 spiro atoms. The van der Waals surface area contributed by atoms with Gasteiger partial charge < -0.3 is 20.5 Å². The molecule has 2 aromatic rings. The van der Waals surface area contributed by atoms with E-state index in [9.17, 15) is 9.18 Å². The van der Waals surface area contributed by atoms with E-state index in [4.69, 9.17) is 26.8 Å². The second-order valence-corrected chi connectivity index (χ2v) is 5.77. The molecule has 134 valence electrons. The van der Waals surface area contributed by atoms with Crippen LogP contribution in [0.25, 0.3) is 0 Å². The molecule has 1 unspecified atom stereocenters. The smallest absolute Gasteiger partial charge is 0.255 e. The van der Waals surface area contributed by atoms with Crippen LogP contribution in [0.3, 0.4) is 0 Å². The number of benzene rings is 2. The Morgan fingerprint density at radius 1 is 1.32 bits per heavy atom. The predicted molar refractivity (Wildman–Crippen MR) is 95.9 cm³/mol. The zero-order valence-corrected chi connectivity index (χ0v) is 14.8. The maximum Gasteiger partial charge on any atom is 0.255 e. The van der Waals surface area contributed by atoms with E-state index in [0.717, 1.165) is 0 Å². The van der Waals surface area contributed by atoms with E-state index in [1.54, 1.807) is 18.2 Å². The fourth-order valence-electron chi connectivity index (χ4n) is 2.21. The summed E-state index contributed by atoms with van der Waals surface area (Å²) in [6.07, 6.45) is 0.213. The topological polar surface area (TPSA) is 73.6 Å². The Balaban J connectivity index is 2.05. The third kappa shape index (κ3) is 4.76. The van der Waals surface area contributed by atoms with Crippen LogP contribution in [0.4, 0.5) is 10.1 Å². The van der Waals surface area contributed by atoms with E-state index in [1.807, 2.05) is 6.92 Å².